The monoisotopic (exact) mass is 307 g/mol. The lowest BCUT2D eigenvalue weighted by Crippen LogP contribution is -2.24. The van der Waals surface area contributed by atoms with Crippen LogP contribution in [-0.4, -0.2) is 28.9 Å². The van der Waals surface area contributed by atoms with Crippen LogP contribution in [0.3, 0.4) is 0 Å². The van der Waals surface area contributed by atoms with Crippen molar-refractivity contribution in [2.24, 2.45) is 0 Å². The first-order valence-electron chi connectivity index (χ1n) is 6.87. The second kappa shape index (κ2) is 5.77. The third-order valence-corrected chi connectivity index (χ3v) is 4.39. The number of aromatic nitrogens is 2. The largest absolute Gasteiger partial charge is 0.485 e. The molecule has 1 aliphatic heterocycles. The molecule has 3 rings (SSSR count). The molecule has 3 heterocycles. The van der Waals surface area contributed by atoms with E-state index in [1.54, 1.807) is 6.20 Å². The molecule has 6 nitrogen and oxygen atoms in total. The Balaban J connectivity index is 1.69. The summed E-state index contributed by atoms with van der Waals surface area (Å²) in [4.78, 5) is 12.8. The van der Waals surface area contributed by atoms with Gasteiger partial charge in [0.1, 0.15) is 18.1 Å². The number of amides is 1. The fourth-order valence-electron chi connectivity index (χ4n) is 2.25. The van der Waals surface area contributed by atoms with Crippen molar-refractivity contribution in [2.75, 3.05) is 13.2 Å². The number of carbonyl (C=O) groups excluding carboxylic acids is 1. The van der Waals surface area contributed by atoms with Gasteiger partial charge in [0, 0.05) is 29.7 Å². The molecule has 7 heteroatoms. The summed E-state index contributed by atoms with van der Waals surface area (Å²) in [7, 11) is 0. The normalized spacial score (nSPS) is 13.2. The number of rotatable bonds is 4. The first kappa shape index (κ1) is 13.9. The minimum absolute atomic E-state index is 0.143. The van der Waals surface area contributed by atoms with Crippen LogP contribution in [0.5, 0.6) is 11.5 Å². The summed E-state index contributed by atoms with van der Waals surface area (Å²) >= 11 is 1.34. The lowest BCUT2D eigenvalue weighted by Gasteiger charge is -2.15. The zero-order valence-corrected chi connectivity index (χ0v) is 12.8. The van der Waals surface area contributed by atoms with E-state index >= 15 is 0 Å². The van der Waals surface area contributed by atoms with E-state index in [1.807, 2.05) is 23.9 Å². The molecule has 21 heavy (non-hydrogen) atoms. The molecule has 1 amide bonds. The van der Waals surface area contributed by atoms with Gasteiger partial charge in [-0.1, -0.05) is 0 Å². The Labute approximate surface area is 126 Å². The molecule has 1 N–H and O–H groups in total. The molecule has 0 radical (unpaired) electrons. The topological polar surface area (TPSA) is 65.4 Å². The zero-order chi connectivity index (χ0) is 14.8. The Hall–Kier alpha value is -2.02. The molecule has 0 fully saturated rings. The summed E-state index contributed by atoms with van der Waals surface area (Å²) in [6.45, 7) is 6.33. The van der Waals surface area contributed by atoms with E-state index in [1.165, 1.54) is 11.3 Å². The summed E-state index contributed by atoms with van der Waals surface area (Å²) in [5.74, 6) is 1.08. The maximum absolute atomic E-state index is 12.3. The highest BCUT2D eigenvalue weighted by Crippen LogP contribution is 2.39. The molecule has 0 unspecified atom stereocenters. The Morgan fingerprint density at radius 3 is 3.05 bits per heavy atom. The summed E-state index contributed by atoms with van der Waals surface area (Å²) in [5.41, 5.74) is 2.10. The molecule has 2 aromatic heterocycles. The summed E-state index contributed by atoms with van der Waals surface area (Å²) in [6.07, 6.45) is 1.79. The fraction of sp³-hybridized carbons (Fsp3) is 0.429. The third kappa shape index (κ3) is 2.61. The molecule has 112 valence electrons. The van der Waals surface area contributed by atoms with Gasteiger partial charge < -0.3 is 14.8 Å². The van der Waals surface area contributed by atoms with Gasteiger partial charge in [-0.2, -0.15) is 5.10 Å². The van der Waals surface area contributed by atoms with E-state index in [9.17, 15) is 4.79 Å². The predicted molar refractivity (Wildman–Crippen MR) is 79.1 cm³/mol. The van der Waals surface area contributed by atoms with Crippen molar-refractivity contribution in [1.29, 1.82) is 0 Å². The van der Waals surface area contributed by atoms with Crippen molar-refractivity contribution in [3.63, 3.8) is 0 Å². The number of ether oxygens (including phenoxy) is 2. The average Bonchev–Trinajstić information content (AvgIpc) is 3.08. The van der Waals surface area contributed by atoms with Gasteiger partial charge in [-0.25, -0.2) is 0 Å². The second-order valence-electron chi connectivity index (χ2n) is 4.71. The molecule has 0 aliphatic carbocycles. The number of nitrogens with one attached hydrogen (secondary N) is 1. The van der Waals surface area contributed by atoms with Crippen LogP contribution in [0.25, 0.3) is 0 Å². The van der Waals surface area contributed by atoms with Gasteiger partial charge in [-0.05, 0) is 13.8 Å². The van der Waals surface area contributed by atoms with Crippen LogP contribution >= 0.6 is 11.3 Å². The van der Waals surface area contributed by atoms with Crippen molar-refractivity contribution in [2.45, 2.75) is 26.9 Å². The Kier molecular flexibility index (Phi) is 3.83. The van der Waals surface area contributed by atoms with Gasteiger partial charge in [0.25, 0.3) is 5.91 Å². The number of fused-ring (bicyclic) bond motifs is 1. The molecular weight excluding hydrogens is 290 g/mol. The molecular formula is C14H17N3O3S. The molecule has 0 saturated carbocycles. The van der Waals surface area contributed by atoms with Crippen LogP contribution in [0.2, 0.25) is 0 Å². The van der Waals surface area contributed by atoms with E-state index in [2.05, 4.69) is 10.4 Å². The number of thiophene rings is 1. The van der Waals surface area contributed by atoms with Crippen LogP contribution in [0, 0.1) is 6.92 Å². The Bertz CT molecular complexity index is 662. The Morgan fingerprint density at radius 2 is 2.29 bits per heavy atom. The second-order valence-corrected chi connectivity index (χ2v) is 5.59. The van der Waals surface area contributed by atoms with E-state index in [0.29, 0.717) is 36.1 Å². The Morgan fingerprint density at radius 1 is 1.48 bits per heavy atom. The van der Waals surface area contributed by atoms with Crippen molar-refractivity contribution in [3.05, 3.63) is 27.7 Å². The lowest BCUT2D eigenvalue weighted by atomic mass is 10.2. The van der Waals surface area contributed by atoms with Crippen molar-refractivity contribution in [3.8, 4) is 11.5 Å². The van der Waals surface area contributed by atoms with Crippen molar-refractivity contribution >= 4 is 17.2 Å². The molecule has 0 spiro atoms. The van der Waals surface area contributed by atoms with Gasteiger partial charge in [0.15, 0.2) is 11.5 Å². The molecule has 0 atom stereocenters. The van der Waals surface area contributed by atoms with Gasteiger partial charge in [0.2, 0.25) is 0 Å². The van der Waals surface area contributed by atoms with E-state index in [-0.39, 0.29) is 5.91 Å². The van der Waals surface area contributed by atoms with Crippen LogP contribution in [0.4, 0.5) is 0 Å². The van der Waals surface area contributed by atoms with Gasteiger partial charge in [0.05, 0.1) is 6.20 Å². The van der Waals surface area contributed by atoms with Gasteiger partial charge >= 0.3 is 0 Å². The van der Waals surface area contributed by atoms with Crippen molar-refractivity contribution < 1.29 is 14.3 Å². The van der Waals surface area contributed by atoms with E-state index in [0.717, 1.165) is 17.8 Å². The van der Waals surface area contributed by atoms with Crippen LogP contribution < -0.4 is 14.8 Å². The maximum atomic E-state index is 12.3. The average molecular weight is 307 g/mol. The van der Waals surface area contributed by atoms with Gasteiger partial charge in [-0.3, -0.25) is 9.48 Å². The highest BCUT2D eigenvalue weighted by Gasteiger charge is 2.23. The fourth-order valence-corrected chi connectivity index (χ4v) is 3.10. The maximum Gasteiger partial charge on any atom is 0.265 e. The number of hydrogen-bond acceptors (Lipinski definition) is 5. The molecule has 1 aliphatic rings. The lowest BCUT2D eigenvalue weighted by molar-refractivity contribution is 0.0946. The predicted octanol–water partition coefficient (Wildman–Crippen LogP) is 1.97. The minimum Gasteiger partial charge on any atom is -0.485 e. The summed E-state index contributed by atoms with van der Waals surface area (Å²) in [6, 6.07) is 0. The number of hydrogen-bond donors (Lipinski definition) is 1. The van der Waals surface area contributed by atoms with Crippen LogP contribution in [-0.2, 0) is 13.1 Å². The number of carbonyl (C=O) groups is 1. The van der Waals surface area contributed by atoms with Crippen LogP contribution in [0.1, 0.15) is 27.9 Å². The third-order valence-electron chi connectivity index (χ3n) is 3.45. The minimum atomic E-state index is -0.143. The SMILES string of the molecule is CCn1ncc(CNC(=O)c2scc3c2OCCO3)c1C. The summed E-state index contributed by atoms with van der Waals surface area (Å²) in [5, 5.41) is 8.99. The smallest absolute Gasteiger partial charge is 0.265 e. The van der Waals surface area contributed by atoms with E-state index < -0.39 is 0 Å². The first-order valence-corrected chi connectivity index (χ1v) is 7.75. The zero-order valence-electron chi connectivity index (χ0n) is 12.0. The van der Waals surface area contributed by atoms with Crippen molar-refractivity contribution in [1.82, 2.24) is 15.1 Å². The standard InChI is InChI=1S/C14H17N3O3S/c1-3-17-9(2)10(7-16-17)6-15-14(18)13-12-11(8-21-13)19-4-5-20-12/h7-8H,3-6H2,1-2H3,(H,15,18). The highest BCUT2D eigenvalue weighted by atomic mass is 32.1. The first-order chi connectivity index (χ1) is 10.2. The van der Waals surface area contributed by atoms with Crippen LogP contribution in [0.15, 0.2) is 11.6 Å². The molecule has 0 aromatic carbocycles. The number of nitrogens with zero attached hydrogens (tertiary/aromatic N) is 2. The highest BCUT2D eigenvalue weighted by molar-refractivity contribution is 7.12. The van der Waals surface area contributed by atoms with Gasteiger partial charge in [-0.15, -0.1) is 11.3 Å². The molecule has 0 bridgehead atoms. The quantitative estimate of drug-likeness (QED) is 0.938. The molecule has 2 aromatic rings. The van der Waals surface area contributed by atoms with E-state index in [4.69, 9.17) is 9.47 Å². The summed E-state index contributed by atoms with van der Waals surface area (Å²) < 4.78 is 12.9. The molecule has 0 saturated heterocycles. The number of aryl methyl sites for hydroxylation is 1.